The lowest BCUT2D eigenvalue weighted by Crippen LogP contribution is -2.29. The van der Waals surface area contributed by atoms with Crippen molar-refractivity contribution in [3.8, 4) is 0 Å². The fourth-order valence-electron chi connectivity index (χ4n) is 2.43. The molecule has 6 heteroatoms. The number of benzene rings is 1. The molecule has 0 amide bonds. The Balaban J connectivity index is 2.20. The number of nitrogens with one attached hydrogen (secondary N) is 1. The van der Waals surface area contributed by atoms with Crippen LogP contribution >= 0.6 is 0 Å². The van der Waals surface area contributed by atoms with Gasteiger partial charge in [0, 0.05) is 18.8 Å². The molecule has 0 aliphatic carbocycles. The van der Waals surface area contributed by atoms with Crippen molar-refractivity contribution >= 4 is 21.4 Å². The molecule has 1 aromatic rings. The van der Waals surface area contributed by atoms with E-state index in [0.717, 1.165) is 31.6 Å². The zero-order valence-corrected chi connectivity index (χ0v) is 12.5. The molecule has 0 bridgehead atoms. The Bertz CT molecular complexity index is 554. The number of piperidine rings is 1. The summed E-state index contributed by atoms with van der Waals surface area (Å²) in [5.41, 5.74) is 0.918. The largest absolute Gasteiger partial charge is 0.371 e. The smallest absolute Gasteiger partial charge is 0.232 e. The molecule has 112 valence electrons. The molecule has 1 aliphatic heterocycles. The molecule has 0 unspecified atom stereocenters. The summed E-state index contributed by atoms with van der Waals surface area (Å²) in [4.78, 5) is 2.17. The van der Waals surface area contributed by atoms with Crippen LogP contribution in [0.3, 0.4) is 0 Å². The summed E-state index contributed by atoms with van der Waals surface area (Å²) in [5, 5.41) is 0. The Kier molecular flexibility index (Phi) is 4.86. The summed E-state index contributed by atoms with van der Waals surface area (Å²) >= 11 is 0. The van der Waals surface area contributed by atoms with Gasteiger partial charge in [0.2, 0.25) is 10.0 Å². The number of rotatable bonds is 5. The molecule has 1 aromatic carbocycles. The van der Waals surface area contributed by atoms with Crippen LogP contribution in [-0.2, 0) is 10.0 Å². The quantitative estimate of drug-likeness (QED) is 0.909. The van der Waals surface area contributed by atoms with Crippen LogP contribution < -0.4 is 9.62 Å². The van der Waals surface area contributed by atoms with Gasteiger partial charge in [-0.05, 0) is 43.9 Å². The number of anilines is 2. The number of halogens is 1. The van der Waals surface area contributed by atoms with Crippen molar-refractivity contribution < 1.29 is 12.8 Å². The predicted molar refractivity (Wildman–Crippen MR) is 80.2 cm³/mol. The molecule has 4 nitrogen and oxygen atoms in total. The zero-order chi connectivity index (χ0) is 14.6. The molecule has 0 saturated carbocycles. The molecule has 1 heterocycles. The summed E-state index contributed by atoms with van der Waals surface area (Å²) in [6.07, 6.45) is 3.96. The van der Waals surface area contributed by atoms with E-state index in [0.29, 0.717) is 6.42 Å². The highest BCUT2D eigenvalue weighted by Gasteiger charge is 2.16. The maximum atomic E-state index is 13.8. The summed E-state index contributed by atoms with van der Waals surface area (Å²) in [6, 6.07) is 4.62. The van der Waals surface area contributed by atoms with Gasteiger partial charge in [0.15, 0.2) is 0 Å². The summed E-state index contributed by atoms with van der Waals surface area (Å²) in [5.74, 6) is -0.536. The van der Waals surface area contributed by atoms with Crippen LogP contribution in [0.15, 0.2) is 18.2 Å². The van der Waals surface area contributed by atoms with Gasteiger partial charge in [-0.2, -0.15) is 0 Å². The Labute approximate surface area is 120 Å². The maximum absolute atomic E-state index is 13.8. The molecule has 1 saturated heterocycles. The summed E-state index contributed by atoms with van der Waals surface area (Å²) in [7, 11) is -3.46. The van der Waals surface area contributed by atoms with Crippen molar-refractivity contribution in [3.05, 3.63) is 24.0 Å². The van der Waals surface area contributed by atoms with E-state index in [9.17, 15) is 12.8 Å². The molecule has 0 spiro atoms. The van der Waals surface area contributed by atoms with Crippen LogP contribution in [0.25, 0.3) is 0 Å². The van der Waals surface area contributed by atoms with E-state index in [4.69, 9.17) is 0 Å². The second-order valence-electron chi connectivity index (χ2n) is 5.13. The van der Waals surface area contributed by atoms with E-state index in [2.05, 4.69) is 9.62 Å². The molecular weight excluding hydrogens is 279 g/mol. The Hall–Kier alpha value is -1.30. The third-order valence-electron chi connectivity index (χ3n) is 3.41. The maximum Gasteiger partial charge on any atom is 0.232 e. The normalized spacial score (nSPS) is 16.2. The third kappa shape index (κ3) is 3.85. The third-order valence-corrected chi connectivity index (χ3v) is 4.89. The first-order chi connectivity index (χ1) is 9.52. The lowest BCUT2D eigenvalue weighted by atomic mass is 10.1. The SMILES string of the molecule is CCCS(=O)(=O)Nc1cc(N2CCCCC2)ccc1F. The Morgan fingerprint density at radius 1 is 1.25 bits per heavy atom. The van der Waals surface area contributed by atoms with Crippen molar-refractivity contribution in [2.24, 2.45) is 0 Å². The molecule has 1 aliphatic rings. The Morgan fingerprint density at radius 2 is 1.95 bits per heavy atom. The van der Waals surface area contributed by atoms with Crippen LogP contribution in [0, 0.1) is 5.82 Å². The highest BCUT2D eigenvalue weighted by Crippen LogP contribution is 2.26. The predicted octanol–water partition coefficient (Wildman–Crippen LogP) is 2.97. The Morgan fingerprint density at radius 3 is 2.60 bits per heavy atom. The first-order valence-electron chi connectivity index (χ1n) is 7.07. The molecule has 0 radical (unpaired) electrons. The van der Waals surface area contributed by atoms with Crippen LogP contribution in [0.2, 0.25) is 0 Å². The lowest BCUT2D eigenvalue weighted by Gasteiger charge is -2.29. The van der Waals surface area contributed by atoms with Gasteiger partial charge in [-0.3, -0.25) is 4.72 Å². The number of sulfonamides is 1. The minimum Gasteiger partial charge on any atom is -0.371 e. The van der Waals surface area contributed by atoms with Gasteiger partial charge in [0.05, 0.1) is 11.4 Å². The monoisotopic (exact) mass is 300 g/mol. The van der Waals surface area contributed by atoms with E-state index in [1.807, 2.05) is 0 Å². The standard InChI is InChI=1S/C14H21FN2O2S/c1-2-10-20(18,19)16-14-11-12(6-7-13(14)15)17-8-4-3-5-9-17/h6-7,11,16H,2-5,8-10H2,1H3. The number of nitrogens with zero attached hydrogens (tertiary/aromatic N) is 1. The van der Waals surface area contributed by atoms with Crippen molar-refractivity contribution in [2.45, 2.75) is 32.6 Å². The molecule has 1 fully saturated rings. The van der Waals surface area contributed by atoms with E-state index in [1.54, 1.807) is 19.1 Å². The van der Waals surface area contributed by atoms with Gasteiger partial charge in [-0.15, -0.1) is 0 Å². The van der Waals surface area contributed by atoms with Crippen molar-refractivity contribution in [2.75, 3.05) is 28.5 Å². The topological polar surface area (TPSA) is 49.4 Å². The highest BCUT2D eigenvalue weighted by molar-refractivity contribution is 7.92. The van der Waals surface area contributed by atoms with Gasteiger partial charge in [-0.1, -0.05) is 6.92 Å². The summed E-state index contributed by atoms with van der Waals surface area (Å²) < 4.78 is 39.6. The molecule has 20 heavy (non-hydrogen) atoms. The molecule has 1 N–H and O–H groups in total. The summed E-state index contributed by atoms with van der Waals surface area (Å²) in [6.45, 7) is 3.65. The minimum atomic E-state index is -3.46. The molecule has 0 aromatic heterocycles. The molecule has 0 atom stereocenters. The highest BCUT2D eigenvalue weighted by atomic mass is 32.2. The zero-order valence-electron chi connectivity index (χ0n) is 11.7. The van der Waals surface area contributed by atoms with Gasteiger partial charge < -0.3 is 4.90 Å². The van der Waals surface area contributed by atoms with Crippen LogP contribution in [0.4, 0.5) is 15.8 Å². The van der Waals surface area contributed by atoms with E-state index in [1.165, 1.54) is 12.5 Å². The fraction of sp³-hybridized carbons (Fsp3) is 0.571. The average Bonchev–Trinajstić information content (AvgIpc) is 2.42. The first kappa shape index (κ1) is 15.1. The molecule has 2 rings (SSSR count). The fourth-order valence-corrected chi connectivity index (χ4v) is 3.56. The van der Waals surface area contributed by atoms with Crippen LogP contribution in [0.5, 0.6) is 0 Å². The van der Waals surface area contributed by atoms with E-state index >= 15 is 0 Å². The van der Waals surface area contributed by atoms with E-state index in [-0.39, 0.29) is 11.4 Å². The number of hydrogen-bond donors (Lipinski definition) is 1. The van der Waals surface area contributed by atoms with Gasteiger partial charge in [0.25, 0.3) is 0 Å². The average molecular weight is 300 g/mol. The molecular formula is C14H21FN2O2S. The second kappa shape index (κ2) is 6.43. The van der Waals surface area contributed by atoms with Crippen LogP contribution in [0.1, 0.15) is 32.6 Å². The van der Waals surface area contributed by atoms with Crippen molar-refractivity contribution in [1.82, 2.24) is 0 Å². The van der Waals surface area contributed by atoms with Crippen molar-refractivity contribution in [1.29, 1.82) is 0 Å². The lowest BCUT2D eigenvalue weighted by molar-refractivity contribution is 0.576. The first-order valence-corrected chi connectivity index (χ1v) is 8.72. The second-order valence-corrected chi connectivity index (χ2v) is 6.97. The van der Waals surface area contributed by atoms with Gasteiger partial charge >= 0.3 is 0 Å². The number of hydrogen-bond acceptors (Lipinski definition) is 3. The van der Waals surface area contributed by atoms with Crippen LogP contribution in [-0.4, -0.2) is 27.3 Å². The van der Waals surface area contributed by atoms with Crippen molar-refractivity contribution in [3.63, 3.8) is 0 Å². The minimum absolute atomic E-state index is 0.000379. The van der Waals surface area contributed by atoms with Gasteiger partial charge in [0.1, 0.15) is 5.82 Å². The van der Waals surface area contributed by atoms with E-state index < -0.39 is 15.8 Å². The van der Waals surface area contributed by atoms with Gasteiger partial charge in [-0.25, -0.2) is 12.8 Å².